The van der Waals surface area contributed by atoms with Crippen molar-refractivity contribution in [1.29, 1.82) is 0 Å². The zero-order valence-electron chi connectivity index (χ0n) is 8.32. The summed E-state index contributed by atoms with van der Waals surface area (Å²) in [5.74, 6) is 0. The molecule has 1 N–H and O–H groups in total. The van der Waals surface area contributed by atoms with E-state index in [9.17, 15) is 0 Å². The fraction of sp³-hybridized carbons (Fsp3) is 0.0909. The van der Waals surface area contributed by atoms with Gasteiger partial charge in [-0.15, -0.1) is 0 Å². The van der Waals surface area contributed by atoms with Gasteiger partial charge in [-0.05, 0) is 40.8 Å². The highest BCUT2D eigenvalue weighted by Crippen LogP contribution is 2.24. The number of benzene rings is 1. The van der Waals surface area contributed by atoms with E-state index in [0.717, 1.165) is 20.0 Å². The van der Waals surface area contributed by atoms with E-state index in [1.165, 1.54) is 0 Å². The number of anilines is 1. The molecule has 0 amide bonds. The lowest BCUT2D eigenvalue weighted by Crippen LogP contribution is -2.02. The Morgan fingerprint density at radius 3 is 2.88 bits per heavy atom. The zero-order chi connectivity index (χ0) is 11.4. The van der Waals surface area contributed by atoms with E-state index in [4.69, 9.17) is 11.6 Å². The lowest BCUT2D eigenvalue weighted by molar-refractivity contribution is 1.01. The van der Waals surface area contributed by atoms with E-state index in [1.54, 1.807) is 18.6 Å². The predicted octanol–water partition coefficient (Wildman–Crippen LogP) is 3.35. The molecule has 1 heterocycles. The highest BCUT2D eigenvalue weighted by atomic mass is 127. The van der Waals surface area contributed by atoms with Crippen LogP contribution in [0.2, 0.25) is 5.02 Å². The van der Waals surface area contributed by atoms with Gasteiger partial charge in [0.2, 0.25) is 0 Å². The molecule has 0 aliphatic rings. The van der Waals surface area contributed by atoms with Crippen LogP contribution in [0.15, 0.2) is 36.8 Å². The smallest absolute Gasteiger partial charge is 0.0777 e. The molecule has 2 aromatic rings. The number of nitrogens with one attached hydrogen (secondary N) is 1. The minimum absolute atomic E-state index is 0.619. The first kappa shape index (κ1) is 11.6. The van der Waals surface area contributed by atoms with Crippen LogP contribution in [-0.4, -0.2) is 9.97 Å². The fourth-order valence-electron chi connectivity index (χ4n) is 1.24. The van der Waals surface area contributed by atoms with Gasteiger partial charge in [-0.1, -0.05) is 11.6 Å². The molecular weight excluding hydrogens is 336 g/mol. The van der Waals surface area contributed by atoms with Crippen LogP contribution in [-0.2, 0) is 6.54 Å². The summed E-state index contributed by atoms with van der Waals surface area (Å²) in [5, 5.41) is 3.94. The average Bonchev–Trinajstić information content (AvgIpc) is 2.29. The van der Waals surface area contributed by atoms with Crippen LogP contribution in [0.5, 0.6) is 0 Å². The molecule has 5 heteroatoms. The molecule has 2 rings (SSSR count). The quantitative estimate of drug-likeness (QED) is 0.867. The van der Waals surface area contributed by atoms with E-state index < -0.39 is 0 Å². The van der Waals surface area contributed by atoms with Crippen LogP contribution >= 0.6 is 34.2 Å². The third kappa shape index (κ3) is 3.05. The number of halogens is 2. The van der Waals surface area contributed by atoms with E-state index in [2.05, 4.69) is 37.9 Å². The largest absolute Gasteiger partial charge is 0.378 e. The van der Waals surface area contributed by atoms with Gasteiger partial charge >= 0.3 is 0 Å². The minimum Gasteiger partial charge on any atom is -0.378 e. The van der Waals surface area contributed by atoms with Gasteiger partial charge in [0.15, 0.2) is 0 Å². The molecule has 0 aliphatic heterocycles. The predicted molar refractivity (Wildman–Crippen MR) is 73.5 cm³/mol. The van der Waals surface area contributed by atoms with Crippen molar-refractivity contribution in [1.82, 2.24) is 9.97 Å². The van der Waals surface area contributed by atoms with Crippen molar-refractivity contribution in [2.24, 2.45) is 0 Å². The molecular formula is C11H9ClIN3. The average molecular weight is 346 g/mol. The van der Waals surface area contributed by atoms with E-state index in [0.29, 0.717) is 6.54 Å². The van der Waals surface area contributed by atoms with Gasteiger partial charge in [0.1, 0.15) is 0 Å². The molecule has 0 spiro atoms. The molecule has 1 aromatic heterocycles. The Balaban J connectivity index is 2.05. The summed E-state index contributed by atoms with van der Waals surface area (Å²) in [5.41, 5.74) is 1.80. The molecule has 0 radical (unpaired) electrons. The summed E-state index contributed by atoms with van der Waals surface area (Å²) in [6.07, 6.45) is 5.06. The number of nitrogens with zero attached hydrogens (tertiary/aromatic N) is 2. The van der Waals surface area contributed by atoms with E-state index in [-0.39, 0.29) is 0 Å². The zero-order valence-corrected chi connectivity index (χ0v) is 11.2. The molecule has 0 unspecified atom stereocenters. The van der Waals surface area contributed by atoms with Gasteiger partial charge in [0, 0.05) is 16.0 Å². The topological polar surface area (TPSA) is 37.8 Å². The third-order valence-electron chi connectivity index (χ3n) is 2.01. The molecule has 0 fully saturated rings. The third-order valence-corrected chi connectivity index (χ3v) is 2.99. The lowest BCUT2D eigenvalue weighted by Gasteiger charge is -2.07. The number of hydrogen-bond acceptors (Lipinski definition) is 3. The Kier molecular flexibility index (Phi) is 3.95. The molecule has 1 aromatic carbocycles. The number of hydrogen-bond donors (Lipinski definition) is 1. The van der Waals surface area contributed by atoms with Gasteiger partial charge in [-0.2, -0.15) is 0 Å². The van der Waals surface area contributed by atoms with Crippen LogP contribution in [0.4, 0.5) is 5.69 Å². The summed E-state index contributed by atoms with van der Waals surface area (Å²) >= 11 is 8.32. The van der Waals surface area contributed by atoms with Crippen LogP contribution in [0, 0.1) is 3.57 Å². The first-order chi connectivity index (χ1) is 7.75. The summed E-state index contributed by atoms with van der Waals surface area (Å²) in [6.45, 7) is 0.619. The molecule has 16 heavy (non-hydrogen) atoms. The Bertz CT molecular complexity index is 476. The van der Waals surface area contributed by atoms with Crippen LogP contribution < -0.4 is 5.32 Å². The lowest BCUT2D eigenvalue weighted by atomic mass is 10.3. The molecule has 0 aliphatic carbocycles. The second-order valence-corrected chi connectivity index (χ2v) is 4.83. The first-order valence-electron chi connectivity index (χ1n) is 4.69. The summed E-state index contributed by atoms with van der Waals surface area (Å²) in [7, 11) is 0. The van der Waals surface area contributed by atoms with Crippen LogP contribution in [0.25, 0.3) is 0 Å². The second kappa shape index (κ2) is 5.45. The van der Waals surface area contributed by atoms with Gasteiger partial charge in [-0.3, -0.25) is 9.97 Å². The summed E-state index contributed by atoms with van der Waals surface area (Å²) < 4.78 is 1.12. The van der Waals surface area contributed by atoms with Crippen LogP contribution in [0.3, 0.4) is 0 Å². The molecule has 0 atom stereocenters. The maximum Gasteiger partial charge on any atom is 0.0777 e. The van der Waals surface area contributed by atoms with E-state index >= 15 is 0 Å². The van der Waals surface area contributed by atoms with Gasteiger partial charge in [0.25, 0.3) is 0 Å². The fourth-order valence-corrected chi connectivity index (χ4v) is 2.16. The second-order valence-electron chi connectivity index (χ2n) is 3.17. The van der Waals surface area contributed by atoms with Crippen LogP contribution in [0.1, 0.15) is 5.69 Å². The van der Waals surface area contributed by atoms with Crippen molar-refractivity contribution in [3.63, 3.8) is 0 Å². The van der Waals surface area contributed by atoms with Gasteiger partial charge < -0.3 is 5.32 Å². The monoisotopic (exact) mass is 345 g/mol. The molecule has 82 valence electrons. The van der Waals surface area contributed by atoms with Gasteiger partial charge in [-0.25, -0.2) is 0 Å². The van der Waals surface area contributed by atoms with Crippen molar-refractivity contribution < 1.29 is 0 Å². The molecule has 0 saturated heterocycles. The maximum atomic E-state index is 6.09. The highest BCUT2D eigenvalue weighted by Gasteiger charge is 2.00. The molecule has 0 saturated carbocycles. The first-order valence-corrected chi connectivity index (χ1v) is 6.15. The summed E-state index contributed by atoms with van der Waals surface area (Å²) in [6, 6.07) is 5.88. The van der Waals surface area contributed by atoms with Crippen molar-refractivity contribution in [3.8, 4) is 0 Å². The van der Waals surface area contributed by atoms with Crippen molar-refractivity contribution in [2.75, 3.05) is 5.32 Å². The number of aromatic nitrogens is 2. The van der Waals surface area contributed by atoms with Crippen molar-refractivity contribution in [3.05, 3.63) is 51.1 Å². The van der Waals surface area contributed by atoms with Crippen molar-refractivity contribution >= 4 is 39.9 Å². The number of rotatable bonds is 3. The Hall–Kier alpha value is -0.880. The Morgan fingerprint density at radius 2 is 2.19 bits per heavy atom. The standard InChI is InChI=1S/C11H9ClIN3/c12-10-5-8(13)1-2-11(10)16-7-9-6-14-3-4-15-9/h1-6,16H,7H2. The van der Waals surface area contributed by atoms with E-state index in [1.807, 2.05) is 18.2 Å². The molecule has 0 bridgehead atoms. The highest BCUT2D eigenvalue weighted by molar-refractivity contribution is 14.1. The van der Waals surface area contributed by atoms with Gasteiger partial charge in [0.05, 0.1) is 29.1 Å². The minimum atomic E-state index is 0.619. The summed E-state index contributed by atoms with van der Waals surface area (Å²) in [4.78, 5) is 8.17. The molecule has 3 nitrogen and oxygen atoms in total. The normalized spacial score (nSPS) is 10.1. The Morgan fingerprint density at radius 1 is 1.31 bits per heavy atom. The Labute approximate surface area is 112 Å². The maximum absolute atomic E-state index is 6.09. The van der Waals surface area contributed by atoms with Crippen molar-refractivity contribution in [2.45, 2.75) is 6.54 Å². The SMILES string of the molecule is Clc1cc(I)ccc1NCc1cnccn1.